The fraction of sp³-hybridized carbons (Fsp3) is 0.625. The molecule has 0 atom stereocenters. The van der Waals surface area contributed by atoms with Crippen molar-refractivity contribution in [2.24, 2.45) is 4.99 Å². The molecule has 2 N–H and O–H groups in total. The van der Waals surface area contributed by atoms with E-state index in [1.165, 1.54) is 18.7 Å². The van der Waals surface area contributed by atoms with Crippen LogP contribution in [-0.4, -0.2) is 47.7 Å². The SMILES string of the molecule is CC(=O)NCN(CN=C(C)[O-])CC(=O)O.[Cu+2]. The summed E-state index contributed by atoms with van der Waals surface area (Å²) in [6.45, 7) is 2.33. The van der Waals surface area contributed by atoms with Crippen molar-refractivity contribution in [2.75, 3.05) is 19.9 Å². The number of carbonyl (C=O) groups excluding carboxylic acids is 1. The van der Waals surface area contributed by atoms with Crippen molar-refractivity contribution in [1.82, 2.24) is 10.2 Å². The van der Waals surface area contributed by atoms with Gasteiger partial charge in [0.2, 0.25) is 5.91 Å². The van der Waals surface area contributed by atoms with Crippen LogP contribution in [0.3, 0.4) is 0 Å². The molecule has 0 aliphatic heterocycles. The van der Waals surface area contributed by atoms with Gasteiger partial charge >= 0.3 is 23.0 Å². The third-order valence-electron chi connectivity index (χ3n) is 1.40. The van der Waals surface area contributed by atoms with Crippen molar-refractivity contribution < 1.29 is 36.9 Å². The van der Waals surface area contributed by atoms with Gasteiger partial charge < -0.3 is 15.5 Å². The third kappa shape index (κ3) is 11.0. The number of carboxylic acid groups (broad SMARTS) is 1. The summed E-state index contributed by atoms with van der Waals surface area (Å²) < 4.78 is 0. The van der Waals surface area contributed by atoms with E-state index in [0.29, 0.717) is 0 Å². The molecular weight excluding hydrogens is 266 g/mol. The molecule has 0 aromatic heterocycles. The number of amides is 1. The summed E-state index contributed by atoms with van der Waals surface area (Å²) in [5, 5.41) is 21.5. The Kier molecular flexibility index (Phi) is 9.88. The maximum Gasteiger partial charge on any atom is 2.00 e. The Labute approximate surface area is 104 Å². The van der Waals surface area contributed by atoms with Gasteiger partial charge in [-0.25, -0.2) is 0 Å². The fourth-order valence-electron chi connectivity index (χ4n) is 0.770. The smallest absolute Gasteiger partial charge is 0.862 e. The second-order valence-corrected chi connectivity index (χ2v) is 2.93. The standard InChI is InChI=1S/C8H15N3O4.Cu/c1-6(12)9-4-11(3-8(14)15)5-10-7(2)13;/h3-5H2,1-2H3,(H,9,12)(H,10,13)(H,14,15);/q;+2/p-1. The van der Waals surface area contributed by atoms with Crippen LogP contribution in [0.15, 0.2) is 4.99 Å². The van der Waals surface area contributed by atoms with E-state index in [-0.39, 0.29) is 48.8 Å². The zero-order chi connectivity index (χ0) is 11.8. The number of carbonyl (C=O) groups is 2. The fourth-order valence-corrected chi connectivity index (χ4v) is 0.770. The van der Waals surface area contributed by atoms with Crippen LogP contribution in [0, 0.1) is 0 Å². The first-order valence-corrected chi connectivity index (χ1v) is 4.28. The van der Waals surface area contributed by atoms with Gasteiger partial charge in [0.15, 0.2) is 0 Å². The van der Waals surface area contributed by atoms with Gasteiger partial charge in [0, 0.05) is 6.92 Å². The summed E-state index contributed by atoms with van der Waals surface area (Å²) in [6, 6.07) is 0. The minimum absolute atomic E-state index is 0. The Morgan fingerprint density at radius 2 is 2.00 bits per heavy atom. The third-order valence-corrected chi connectivity index (χ3v) is 1.40. The summed E-state index contributed by atoms with van der Waals surface area (Å²) in [6.07, 6.45) is 0. The second-order valence-electron chi connectivity index (χ2n) is 2.93. The van der Waals surface area contributed by atoms with Crippen LogP contribution < -0.4 is 10.4 Å². The van der Waals surface area contributed by atoms with Gasteiger partial charge in [0.25, 0.3) is 0 Å². The largest absolute Gasteiger partial charge is 2.00 e. The molecule has 0 rings (SSSR count). The van der Waals surface area contributed by atoms with Crippen molar-refractivity contribution in [1.29, 1.82) is 0 Å². The molecule has 0 aromatic rings. The van der Waals surface area contributed by atoms with E-state index in [0.717, 1.165) is 0 Å². The Balaban J connectivity index is 0. The first kappa shape index (κ1) is 17.3. The van der Waals surface area contributed by atoms with E-state index < -0.39 is 5.97 Å². The summed E-state index contributed by atoms with van der Waals surface area (Å²) in [5.74, 6) is -1.69. The zero-order valence-electron chi connectivity index (χ0n) is 8.99. The number of aliphatic carboxylic acids is 1. The maximum atomic E-state index is 10.6. The molecule has 0 unspecified atom stereocenters. The van der Waals surface area contributed by atoms with Crippen molar-refractivity contribution in [3.8, 4) is 0 Å². The van der Waals surface area contributed by atoms with Gasteiger partial charge in [-0.3, -0.25) is 19.5 Å². The molecule has 8 heteroatoms. The minimum atomic E-state index is -1.04. The second kappa shape index (κ2) is 9.14. The number of aliphatic imine (C=N–C) groups is 1. The monoisotopic (exact) mass is 279 g/mol. The molecule has 0 spiro atoms. The van der Waals surface area contributed by atoms with E-state index in [4.69, 9.17) is 5.11 Å². The average Bonchev–Trinajstić information content (AvgIpc) is 2.08. The quantitative estimate of drug-likeness (QED) is 0.258. The van der Waals surface area contributed by atoms with Crippen LogP contribution >= 0.6 is 0 Å². The van der Waals surface area contributed by atoms with E-state index >= 15 is 0 Å². The number of carboxylic acids is 1. The van der Waals surface area contributed by atoms with E-state index in [9.17, 15) is 14.7 Å². The van der Waals surface area contributed by atoms with E-state index in [1.807, 2.05) is 0 Å². The van der Waals surface area contributed by atoms with Crippen LogP contribution in [-0.2, 0) is 26.7 Å². The molecule has 16 heavy (non-hydrogen) atoms. The summed E-state index contributed by atoms with van der Waals surface area (Å²) in [7, 11) is 0. The Morgan fingerprint density at radius 3 is 2.38 bits per heavy atom. The molecule has 0 saturated heterocycles. The molecular formula is C8H14CuN3O4+. The minimum Gasteiger partial charge on any atom is -0.862 e. The molecule has 1 radical (unpaired) electrons. The van der Waals surface area contributed by atoms with Crippen molar-refractivity contribution >= 4 is 17.8 Å². The number of hydrogen-bond donors (Lipinski definition) is 2. The molecule has 1 amide bonds. The van der Waals surface area contributed by atoms with Crippen LogP contribution in [0.4, 0.5) is 0 Å². The first-order valence-electron chi connectivity index (χ1n) is 4.28. The molecule has 0 fully saturated rings. The Hall–Kier alpha value is -1.11. The molecule has 0 aliphatic rings. The summed E-state index contributed by atoms with van der Waals surface area (Å²) >= 11 is 0. The van der Waals surface area contributed by atoms with E-state index in [1.54, 1.807) is 0 Å². The first-order chi connectivity index (χ1) is 6.91. The molecule has 0 aromatic carbocycles. The van der Waals surface area contributed by atoms with Crippen LogP contribution in [0.1, 0.15) is 13.8 Å². The molecule has 0 bridgehead atoms. The van der Waals surface area contributed by atoms with Crippen molar-refractivity contribution in [3.63, 3.8) is 0 Å². The molecule has 0 aliphatic carbocycles. The number of nitrogens with zero attached hydrogens (tertiary/aromatic N) is 2. The Bertz CT molecular complexity index is 266. The van der Waals surface area contributed by atoms with Gasteiger partial charge in [-0.15, -0.1) is 0 Å². The number of nitrogens with one attached hydrogen (secondary N) is 1. The predicted molar refractivity (Wildman–Crippen MR) is 51.0 cm³/mol. The average molecular weight is 280 g/mol. The van der Waals surface area contributed by atoms with Crippen molar-refractivity contribution in [2.45, 2.75) is 13.8 Å². The van der Waals surface area contributed by atoms with Gasteiger partial charge in [-0.05, 0) is 12.8 Å². The number of hydrogen-bond acceptors (Lipinski definition) is 5. The van der Waals surface area contributed by atoms with Gasteiger partial charge in [0.05, 0.1) is 19.9 Å². The normalized spacial score (nSPS) is 10.8. The zero-order valence-corrected chi connectivity index (χ0v) is 9.93. The Morgan fingerprint density at radius 1 is 1.44 bits per heavy atom. The van der Waals surface area contributed by atoms with Gasteiger partial charge in [-0.2, -0.15) is 0 Å². The topological polar surface area (TPSA) is 105 Å². The predicted octanol–water partition coefficient (Wildman–Crippen LogP) is -1.80. The molecule has 0 heterocycles. The van der Waals surface area contributed by atoms with Gasteiger partial charge in [-0.1, -0.05) is 0 Å². The molecule has 95 valence electrons. The van der Waals surface area contributed by atoms with Crippen LogP contribution in [0.2, 0.25) is 0 Å². The van der Waals surface area contributed by atoms with Crippen molar-refractivity contribution in [3.05, 3.63) is 0 Å². The summed E-state index contributed by atoms with van der Waals surface area (Å²) in [4.78, 5) is 25.9. The molecule has 7 nitrogen and oxygen atoms in total. The summed E-state index contributed by atoms with van der Waals surface area (Å²) in [5.41, 5.74) is 0. The van der Waals surface area contributed by atoms with Crippen LogP contribution in [0.25, 0.3) is 0 Å². The maximum absolute atomic E-state index is 10.6. The van der Waals surface area contributed by atoms with Crippen LogP contribution in [0.5, 0.6) is 0 Å². The molecule has 0 saturated carbocycles. The number of rotatable bonds is 6. The van der Waals surface area contributed by atoms with Gasteiger partial charge in [0.1, 0.15) is 0 Å². The van der Waals surface area contributed by atoms with E-state index in [2.05, 4.69) is 10.3 Å².